The molecular formula is C32H30N2O5S. The summed E-state index contributed by atoms with van der Waals surface area (Å²) in [6.07, 6.45) is 1.58. The molecule has 0 saturated carbocycles. The largest absolute Gasteiger partial charge is 0.507 e. The van der Waals surface area contributed by atoms with E-state index in [1.807, 2.05) is 70.2 Å². The number of rotatable bonds is 6. The van der Waals surface area contributed by atoms with E-state index in [0.29, 0.717) is 35.0 Å². The minimum absolute atomic E-state index is 0.0247. The topological polar surface area (TPSA) is 89.0 Å². The molecule has 0 radical (unpaired) electrons. The van der Waals surface area contributed by atoms with Gasteiger partial charge < -0.3 is 14.6 Å². The zero-order chi connectivity index (χ0) is 28.1. The van der Waals surface area contributed by atoms with Crippen molar-refractivity contribution < 1.29 is 24.2 Å². The lowest BCUT2D eigenvalue weighted by atomic mass is 9.94. The van der Waals surface area contributed by atoms with Crippen LogP contribution in [0.4, 0.5) is 5.13 Å². The Morgan fingerprint density at radius 1 is 1.15 bits per heavy atom. The third-order valence-corrected chi connectivity index (χ3v) is 8.29. The molecule has 1 aromatic heterocycles. The van der Waals surface area contributed by atoms with Crippen LogP contribution in [0.5, 0.6) is 11.5 Å². The first-order valence-corrected chi connectivity index (χ1v) is 14.3. The minimum Gasteiger partial charge on any atom is -0.507 e. The van der Waals surface area contributed by atoms with Gasteiger partial charge in [-0.05, 0) is 85.8 Å². The lowest BCUT2D eigenvalue weighted by Crippen LogP contribution is -2.29. The van der Waals surface area contributed by atoms with Gasteiger partial charge in [-0.1, -0.05) is 36.5 Å². The van der Waals surface area contributed by atoms with Gasteiger partial charge in [0.05, 0.1) is 28.4 Å². The summed E-state index contributed by atoms with van der Waals surface area (Å²) < 4.78 is 12.6. The number of benzene rings is 3. The number of aromatic nitrogens is 1. The fourth-order valence-electron chi connectivity index (χ4n) is 5.53. The second-order valence-corrected chi connectivity index (χ2v) is 11.5. The van der Waals surface area contributed by atoms with Crippen LogP contribution in [-0.2, 0) is 16.0 Å². The van der Waals surface area contributed by atoms with Gasteiger partial charge in [-0.25, -0.2) is 4.98 Å². The molecule has 40 heavy (non-hydrogen) atoms. The van der Waals surface area contributed by atoms with Gasteiger partial charge >= 0.3 is 5.91 Å². The highest BCUT2D eigenvalue weighted by Gasteiger charge is 2.48. The first-order valence-electron chi connectivity index (χ1n) is 13.5. The summed E-state index contributed by atoms with van der Waals surface area (Å²) in [5.74, 6) is -0.301. The molecule has 2 aliphatic rings. The maximum atomic E-state index is 13.7. The van der Waals surface area contributed by atoms with Gasteiger partial charge in [0.2, 0.25) is 0 Å². The van der Waals surface area contributed by atoms with Crippen LogP contribution in [0.25, 0.3) is 16.0 Å². The van der Waals surface area contributed by atoms with Gasteiger partial charge in [0.25, 0.3) is 5.78 Å². The van der Waals surface area contributed by atoms with Crippen molar-refractivity contribution in [2.24, 2.45) is 0 Å². The van der Waals surface area contributed by atoms with E-state index < -0.39 is 17.7 Å². The fraction of sp³-hybridized carbons (Fsp3) is 0.281. The monoisotopic (exact) mass is 554 g/mol. The molecule has 0 spiro atoms. The second kappa shape index (κ2) is 10.1. The summed E-state index contributed by atoms with van der Waals surface area (Å²) in [7, 11) is 0. The summed E-state index contributed by atoms with van der Waals surface area (Å²) in [5, 5.41) is 12.0. The van der Waals surface area contributed by atoms with Crippen molar-refractivity contribution in [2.45, 2.75) is 52.7 Å². The Labute approximate surface area is 236 Å². The fourth-order valence-corrected chi connectivity index (χ4v) is 6.69. The summed E-state index contributed by atoms with van der Waals surface area (Å²) in [6, 6.07) is 15.9. The molecule has 204 valence electrons. The van der Waals surface area contributed by atoms with Gasteiger partial charge in [0, 0.05) is 12.0 Å². The second-order valence-electron chi connectivity index (χ2n) is 10.5. The van der Waals surface area contributed by atoms with Crippen molar-refractivity contribution >= 4 is 44.1 Å². The molecule has 8 heteroatoms. The number of amides is 1. The normalized spacial score (nSPS) is 19.8. The average Bonchev–Trinajstić information content (AvgIpc) is 3.59. The van der Waals surface area contributed by atoms with Gasteiger partial charge in [0.15, 0.2) is 5.13 Å². The van der Waals surface area contributed by atoms with E-state index in [9.17, 15) is 14.7 Å². The lowest BCUT2D eigenvalue weighted by molar-refractivity contribution is -0.132. The number of fused-ring (bicyclic) bond motifs is 2. The van der Waals surface area contributed by atoms with E-state index in [1.165, 1.54) is 16.2 Å². The molecule has 1 amide bonds. The van der Waals surface area contributed by atoms with E-state index >= 15 is 0 Å². The number of ketones is 1. The van der Waals surface area contributed by atoms with Gasteiger partial charge in [-0.2, -0.15) is 0 Å². The van der Waals surface area contributed by atoms with Crippen molar-refractivity contribution in [2.75, 3.05) is 11.5 Å². The highest BCUT2D eigenvalue weighted by molar-refractivity contribution is 7.22. The number of thiazole rings is 1. The zero-order valence-corrected chi connectivity index (χ0v) is 23.7. The van der Waals surface area contributed by atoms with Crippen LogP contribution in [0.1, 0.15) is 54.1 Å². The van der Waals surface area contributed by atoms with Gasteiger partial charge in [-0.3, -0.25) is 14.5 Å². The Balaban J connectivity index is 1.53. The number of nitrogens with zero attached hydrogens (tertiary/aromatic N) is 2. The first-order chi connectivity index (χ1) is 19.2. The maximum absolute atomic E-state index is 13.7. The Morgan fingerprint density at radius 2 is 1.98 bits per heavy atom. The van der Waals surface area contributed by atoms with Gasteiger partial charge in [-0.15, -0.1) is 0 Å². The molecule has 0 unspecified atom stereocenters. The molecular weight excluding hydrogens is 524 g/mol. The highest BCUT2D eigenvalue weighted by Crippen LogP contribution is 2.45. The number of ether oxygens (including phenoxy) is 2. The molecule has 1 saturated heterocycles. The Kier molecular flexibility index (Phi) is 6.58. The Morgan fingerprint density at radius 3 is 2.77 bits per heavy atom. The summed E-state index contributed by atoms with van der Waals surface area (Å²) in [5.41, 5.74) is 4.97. The van der Waals surface area contributed by atoms with Crippen LogP contribution >= 0.6 is 11.3 Å². The van der Waals surface area contributed by atoms with E-state index in [0.717, 1.165) is 39.1 Å². The summed E-state index contributed by atoms with van der Waals surface area (Å²) in [4.78, 5) is 33.6. The van der Waals surface area contributed by atoms with Crippen molar-refractivity contribution in [3.05, 3.63) is 88.0 Å². The predicted octanol–water partition coefficient (Wildman–Crippen LogP) is 6.65. The molecule has 3 aromatic carbocycles. The summed E-state index contributed by atoms with van der Waals surface area (Å²) >= 11 is 1.36. The Bertz CT molecular complexity index is 1700. The average molecular weight is 555 g/mol. The smallest absolute Gasteiger partial charge is 0.301 e. The molecule has 7 nitrogen and oxygen atoms in total. The number of anilines is 1. The van der Waals surface area contributed by atoms with Gasteiger partial charge in [0.1, 0.15) is 23.4 Å². The van der Waals surface area contributed by atoms with Crippen molar-refractivity contribution in [3.63, 3.8) is 0 Å². The lowest BCUT2D eigenvalue weighted by Gasteiger charge is -2.23. The number of aryl methyl sites for hydroxylation is 2. The molecule has 0 bridgehead atoms. The van der Waals surface area contributed by atoms with Crippen molar-refractivity contribution in [3.8, 4) is 11.5 Å². The van der Waals surface area contributed by atoms with Crippen molar-refractivity contribution in [1.82, 2.24) is 4.98 Å². The highest BCUT2D eigenvalue weighted by atomic mass is 32.1. The Hall–Kier alpha value is -4.17. The molecule has 2 aliphatic heterocycles. The van der Waals surface area contributed by atoms with E-state index in [2.05, 4.69) is 0 Å². The third-order valence-electron chi connectivity index (χ3n) is 7.29. The zero-order valence-electron chi connectivity index (χ0n) is 22.9. The van der Waals surface area contributed by atoms with E-state index in [-0.39, 0.29) is 17.4 Å². The summed E-state index contributed by atoms with van der Waals surface area (Å²) in [6.45, 7) is 8.55. The SMILES string of the molecule is CCCOc1cccc([C@H]2/C(=C(\O)c3ccc4c(c3)C[C@@H](C)O4)C(=O)C(=O)N2c2nc3c(C)cc(C)cc3s2)c1. The van der Waals surface area contributed by atoms with Crippen LogP contribution < -0.4 is 14.4 Å². The number of Topliss-reactive ketones (excluding diaryl/α,β-unsaturated/α-hetero) is 1. The van der Waals surface area contributed by atoms with E-state index in [1.54, 1.807) is 12.1 Å². The van der Waals surface area contributed by atoms with Crippen LogP contribution in [0.15, 0.2) is 60.2 Å². The molecule has 1 N–H and O–H groups in total. The number of carbonyl (C=O) groups is 2. The number of carbonyl (C=O) groups excluding carboxylic acids is 2. The predicted molar refractivity (Wildman–Crippen MR) is 156 cm³/mol. The quantitative estimate of drug-likeness (QED) is 0.163. The van der Waals surface area contributed by atoms with Crippen molar-refractivity contribution in [1.29, 1.82) is 0 Å². The minimum atomic E-state index is -0.879. The molecule has 1 fully saturated rings. The first kappa shape index (κ1) is 26.1. The molecule has 0 aliphatic carbocycles. The number of hydrogen-bond acceptors (Lipinski definition) is 7. The van der Waals surface area contributed by atoms with Crippen LogP contribution in [0.2, 0.25) is 0 Å². The van der Waals surface area contributed by atoms with Crippen LogP contribution in [-0.4, -0.2) is 34.5 Å². The van der Waals surface area contributed by atoms with Crippen LogP contribution in [0, 0.1) is 13.8 Å². The number of hydrogen-bond donors (Lipinski definition) is 1. The number of aliphatic hydroxyl groups is 1. The number of aliphatic hydroxyl groups excluding tert-OH is 1. The van der Waals surface area contributed by atoms with Crippen LogP contribution in [0.3, 0.4) is 0 Å². The van der Waals surface area contributed by atoms with E-state index in [4.69, 9.17) is 14.5 Å². The molecule has 2 atom stereocenters. The molecule has 3 heterocycles. The maximum Gasteiger partial charge on any atom is 0.301 e. The standard InChI is InChI=1S/C32H30N2O5S/c1-5-11-38-23-8-6-7-20(16-23)28-26(29(35)21-9-10-24-22(15-21)14-19(4)39-24)30(36)31(37)34(28)32-33-27-18(3)12-17(2)13-25(27)40-32/h6-10,12-13,15-16,19,28,35H,5,11,14H2,1-4H3/b29-26+/t19-,28+/m1/s1. The molecule has 4 aromatic rings. The molecule has 6 rings (SSSR count). The third kappa shape index (κ3) is 4.42.